The van der Waals surface area contributed by atoms with E-state index in [2.05, 4.69) is 10.2 Å². The molecular formula is C20H23N5O3. The molecule has 0 aliphatic carbocycles. The molecule has 0 radical (unpaired) electrons. The number of esters is 1. The van der Waals surface area contributed by atoms with Crippen molar-refractivity contribution in [1.82, 2.24) is 9.47 Å². The molecule has 1 amide bonds. The summed E-state index contributed by atoms with van der Waals surface area (Å²) >= 11 is 0. The predicted molar refractivity (Wildman–Crippen MR) is 105 cm³/mol. The number of nitrogens with zero attached hydrogens (tertiary/aromatic N) is 3. The normalized spacial score (nSPS) is 14.3. The number of methoxy groups -OCH3 is 1. The molecule has 8 nitrogen and oxygen atoms in total. The van der Waals surface area contributed by atoms with Crippen molar-refractivity contribution in [2.75, 3.05) is 37.8 Å². The number of anilines is 2. The van der Waals surface area contributed by atoms with Crippen LogP contribution in [0.5, 0.6) is 0 Å². The number of likely N-dealkylation sites (tertiary alicyclic amines) is 1. The fourth-order valence-electron chi connectivity index (χ4n) is 3.34. The lowest BCUT2D eigenvalue weighted by atomic mass is 10.1. The number of amides is 1. The molecule has 2 heterocycles. The smallest absolute Gasteiger partial charge is 0.357 e. The summed E-state index contributed by atoms with van der Waals surface area (Å²) in [6, 6.07) is 8.93. The molecule has 1 aromatic heterocycles. The van der Waals surface area contributed by atoms with E-state index in [0.717, 1.165) is 25.9 Å². The van der Waals surface area contributed by atoms with Gasteiger partial charge in [-0.3, -0.25) is 9.69 Å². The van der Waals surface area contributed by atoms with E-state index in [1.807, 2.05) is 6.07 Å². The minimum absolute atomic E-state index is 0.0538. The van der Waals surface area contributed by atoms with Gasteiger partial charge in [0.25, 0.3) is 0 Å². The standard InChI is InChI=1S/C20H23N5O3/c1-28-20(27)19-18(22)14(11-21)12-25(19)16-7-5-15(6-8-16)23-17(26)13-24-9-3-2-4-10-24/h5-8,12H,2-4,9-10,13,22H2,1H3,(H,23,26). The first-order chi connectivity index (χ1) is 13.5. The average Bonchev–Trinajstić information content (AvgIpc) is 3.05. The number of ether oxygens (including phenoxy) is 1. The molecule has 2 aromatic rings. The van der Waals surface area contributed by atoms with Gasteiger partial charge in [-0.1, -0.05) is 6.42 Å². The second-order valence-electron chi connectivity index (χ2n) is 6.71. The van der Waals surface area contributed by atoms with Gasteiger partial charge >= 0.3 is 5.97 Å². The Bertz CT molecular complexity index is 905. The molecule has 3 N–H and O–H groups in total. The number of hydrogen-bond acceptors (Lipinski definition) is 6. The lowest BCUT2D eigenvalue weighted by Gasteiger charge is -2.25. The molecule has 0 bridgehead atoms. The summed E-state index contributed by atoms with van der Waals surface area (Å²) in [5, 5.41) is 12.1. The van der Waals surface area contributed by atoms with Crippen LogP contribution >= 0.6 is 0 Å². The van der Waals surface area contributed by atoms with Crippen LogP contribution in [0.3, 0.4) is 0 Å². The van der Waals surface area contributed by atoms with Crippen LogP contribution in [0.4, 0.5) is 11.4 Å². The van der Waals surface area contributed by atoms with Crippen LogP contribution in [0, 0.1) is 11.3 Å². The first-order valence-corrected chi connectivity index (χ1v) is 9.15. The van der Waals surface area contributed by atoms with Crippen molar-refractivity contribution in [2.24, 2.45) is 0 Å². The lowest BCUT2D eigenvalue weighted by Crippen LogP contribution is -2.36. The summed E-state index contributed by atoms with van der Waals surface area (Å²) in [6.07, 6.45) is 4.99. The van der Waals surface area contributed by atoms with E-state index < -0.39 is 5.97 Å². The average molecular weight is 381 g/mol. The SMILES string of the molecule is COC(=O)c1c(N)c(C#N)cn1-c1ccc(NC(=O)CN2CCCCC2)cc1. The summed E-state index contributed by atoms with van der Waals surface area (Å²) in [7, 11) is 1.26. The van der Waals surface area contributed by atoms with Gasteiger partial charge in [-0.2, -0.15) is 5.26 Å². The third-order valence-electron chi connectivity index (χ3n) is 4.79. The fraction of sp³-hybridized carbons (Fsp3) is 0.350. The van der Waals surface area contributed by atoms with Crippen molar-refractivity contribution in [2.45, 2.75) is 19.3 Å². The zero-order chi connectivity index (χ0) is 20.1. The zero-order valence-corrected chi connectivity index (χ0v) is 15.8. The number of benzene rings is 1. The third-order valence-corrected chi connectivity index (χ3v) is 4.79. The molecule has 1 aromatic carbocycles. The van der Waals surface area contributed by atoms with E-state index in [4.69, 9.17) is 10.5 Å². The van der Waals surface area contributed by atoms with Gasteiger partial charge in [0.05, 0.1) is 24.9 Å². The quantitative estimate of drug-likeness (QED) is 0.767. The number of piperidine rings is 1. The Morgan fingerprint density at radius 2 is 1.89 bits per heavy atom. The highest BCUT2D eigenvalue weighted by Crippen LogP contribution is 2.25. The molecule has 28 heavy (non-hydrogen) atoms. The summed E-state index contributed by atoms with van der Waals surface area (Å²) in [4.78, 5) is 26.5. The Labute approximate surface area is 163 Å². The monoisotopic (exact) mass is 381 g/mol. The van der Waals surface area contributed by atoms with Crippen molar-refractivity contribution in [1.29, 1.82) is 5.26 Å². The molecule has 0 saturated carbocycles. The first kappa shape index (κ1) is 19.5. The van der Waals surface area contributed by atoms with Crippen LogP contribution < -0.4 is 11.1 Å². The molecule has 0 unspecified atom stereocenters. The molecule has 3 rings (SSSR count). The van der Waals surface area contributed by atoms with Crippen molar-refractivity contribution in [3.05, 3.63) is 41.7 Å². The van der Waals surface area contributed by atoms with E-state index in [-0.39, 0.29) is 22.9 Å². The minimum atomic E-state index is -0.627. The van der Waals surface area contributed by atoms with Crippen molar-refractivity contribution >= 4 is 23.3 Å². The number of nitrogens with two attached hydrogens (primary N) is 1. The molecule has 1 aliphatic rings. The number of carbonyl (C=O) groups excluding carboxylic acids is 2. The highest BCUT2D eigenvalue weighted by Gasteiger charge is 2.21. The second kappa shape index (κ2) is 8.59. The number of hydrogen-bond donors (Lipinski definition) is 2. The number of nitriles is 1. The summed E-state index contributed by atoms with van der Waals surface area (Å²) in [5.74, 6) is -0.681. The van der Waals surface area contributed by atoms with Crippen LogP contribution in [0.25, 0.3) is 5.69 Å². The molecular weight excluding hydrogens is 358 g/mol. The van der Waals surface area contributed by atoms with E-state index in [0.29, 0.717) is 17.9 Å². The van der Waals surface area contributed by atoms with Gasteiger partial charge in [-0.25, -0.2) is 4.79 Å². The predicted octanol–water partition coefficient (Wildman–Crippen LogP) is 2.14. The van der Waals surface area contributed by atoms with E-state index in [1.54, 1.807) is 24.3 Å². The largest absolute Gasteiger partial charge is 0.464 e. The maximum atomic E-state index is 12.2. The number of nitrogen functional groups attached to an aromatic ring is 1. The summed E-state index contributed by atoms with van der Waals surface area (Å²) in [6.45, 7) is 2.30. The van der Waals surface area contributed by atoms with Crippen LogP contribution in [0.15, 0.2) is 30.5 Å². The highest BCUT2D eigenvalue weighted by atomic mass is 16.5. The Morgan fingerprint density at radius 1 is 1.21 bits per heavy atom. The number of carbonyl (C=O) groups is 2. The van der Waals surface area contributed by atoms with Gasteiger partial charge < -0.3 is 20.4 Å². The third kappa shape index (κ3) is 4.15. The first-order valence-electron chi connectivity index (χ1n) is 9.15. The molecule has 1 fully saturated rings. The highest BCUT2D eigenvalue weighted by molar-refractivity contribution is 5.96. The molecule has 146 valence electrons. The van der Waals surface area contributed by atoms with E-state index in [1.165, 1.54) is 24.3 Å². The molecule has 1 saturated heterocycles. The Kier molecular flexibility index (Phi) is 5.96. The van der Waals surface area contributed by atoms with Gasteiger partial charge in [0.1, 0.15) is 6.07 Å². The minimum Gasteiger partial charge on any atom is -0.464 e. The number of aromatic nitrogens is 1. The molecule has 8 heteroatoms. The van der Waals surface area contributed by atoms with Gasteiger partial charge in [-0.15, -0.1) is 0 Å². The van der Waals surface area contributed by atoms with Crippen LogP contribution in [0.2, 0.25) is 0 Å². The summed E-state index contributed by atoms with van der Waals surface area (Å²) in [5.41, 5.74) is 7.56. The van der Waals surface area contributed by atoms with Crippen molar-refractivity contribution < 1.29 is 14.3 Å². The van der Waals surface area contributed by atoms with Crippen molar-refractivity contribution in [3.8, 4) is 11.8 Å². The second-order valence-corrected chi connectivity index (χ2v) is 6.71. The van der Waals surface area contributed by atoms with Gasteiger partial charge in [0, 0.05) is 17.6 Å². The fourth-order valence-corrected chi connectivity index (χ4v) is 3.34. The van der Waals surface area contributed by atoms with Crippen LogP contribution in [-0.4, -0.2) is 48.1 Å². The number of rotatable bonds is 5. The lowest BCUT2D eigenvalue weighted by molar-refractivity contribution is -0.117. The maximum Gasteiger partial charge on any atom is 0.357 e. The van der Waals surface area contributed by atoms with Gasteiger partial charge in [0.2, 0.25) is 5.91 Å². The van der Waals surface area contributed by atoms with Gasteiger partial charge in [0.15, 0.2) is 5.69 Å². The van der Waals surface area contributed by atoms with E-state index in [9.17, 15) is 14.9 Å². The topological polar surface area (TPSA) is 113 Å². The van der Waals surface area contributed by atoms with Crippen molar-refractivity contribution in [3.63, 3.8) is 0 Å². The van der Waals surface area contributed by atoms with Gasteiger partial charge in [-0.05, 0) is 50.2 Å². The van der Waals surface area contributed by atoms with Crippen LogP contribution in [-0.2, 0) is 9.53 Å². The Morgan fingerprint density at radius 3 is 2.50 bits per heavy atom. The Balaban J connectivity index is 1.75. The van der Waals surface area contributed by atoms with E-state index >= 15 is 0 Å². The molecule has 0 spiro atoms. The molecule has 0 atom stereocenters. The zero-order valence-electron chi connectivity index (χ0n) is 15.8. The summed E-state index contributed by atoms with van der Waals surface area (Å²) < 4.78 is 6.29. The maximum absolute atomic E-state index is 12.2. The molecule has 1 aliphatic heterocycles. The van der Waals surface area contributed by atoms with Crippen LogP contribution in [0.1, 0.15) is 35.3 Å². The Hall–Kier alpha value is -3.31. The number of nitrogens with one attached hydrogen (secondary N) is 1.